The molecule has 1 aliphatic carbocycles. The average molecular weight is 339 g/mol. The fraction of sp³-hybridized carbons (Fsp3) is 0.889. The van der Waals surface area contributed by atoms with Crippen LogP contribution in [0.2, 0.25) is 0 Å². The first-order valence-electron chi connectivity index (χ1n) is 9.10. The minimum absolute atomic E-state index is 0.122. The number of piperazine rings is 1. The van der Waals surface area contributed by atoms with Crippen molar-refractivity contribution in [3.63, 3.8) is 0 Å². The maximum atomic E-state index is 12.7. The van der Waals surface area contributed by atoms with Crippen LogP contribution in [0.3, 0.4) is 0 Å². The highest BCUT2D eigenvalue weighted by atomic mass is 16.6. The van der Waals surface area contributed by atoms with Crippen molar-refractivity contribution in [2.24, 2.45) is 5.92 Å². The zero-order chi connectivity index (χ0) is 17.9. The zero-order valence-corrected chi connectivity index (χ0v) is 15.9. The lowest BCUT2D eigenvalue weighted by atomic mass is 9.84. The lowest BCUT2D eigenvalue weighted by Crippen LogP contribution is -2.50. The van der Waals surface area contributed by atoms with E-state index in [9.17, 15) is 9.59 Å². The van der Waals surface area contributed by atoms with Crippen molar-refractivity contribution in [3.8, 4) is 0 Å². The number of hydrogen-bond acceptors (Lipinski definition) is 4. The van der Waals surface area contributed by atoms with Crippen molar-refractivity contribution in [3.05, 3.63) is 0 Å². The topological polar surface area (TPSA) is 53.1 Å². The largest absolute Gasteiger partial charge is 0.444 e. The van der Waals surface area contributed by atoms with Gasteiger partial charge in [-0.15, -0.1) is 0 Å². The molecule has 1 saturated heterocycles. The monoisotopic (exact) mass is 339 g/mol. The summed E-state index contributed by atoms with van der Waals surface area (Å²) in [6.07, 6.45) is 3.21. The first-order chi connectivity index (χ1) is 11.2. The van der Waals surface area contributed by atoms with Gasteiger partial charge in [0.1, 0.15) is 5.60 Å². The molecule has 0 bridgehead atoms. The molecule has 2 aliphatic rings. The maximum Gasteiger partial charge on any atom is 0.410 e. The van der Waals surface area contributed by atoms with Gasteiger partial charge in [0.2, 0.25) is 5.91 Å². The Balaban J connectivity index is 1.80. The first kappa shape index (κ1) is 19.0. The number of amides is 2. The van der Waals surface area contributed by atoms with E-state index in [0.717, 1.165) is 51.9 Å². The van der Waals surface area contributed by atoms with Gasteiger partial charge in [-0.3, -0.25) is 4.79 Å². The van der Waals surface area contributed by atoms with E-state index >= 15 is 0 Å². The molecule has 0 radical (unpaired) electrons. The highest BCUT2D eigenvalue weighted by Crippen LogP contribution is 2.29. The summed E-state index contributed by atoms with van der Waals surface area (Å²) in [4.78, 5) is 30.8. The summed E-state index contributed by atoms with van der Waals surface area (Å²) in [5.74, 6) is 0.429. The molecule has 24 heavy (non-hydrogen) atoms. The molecule has 6 heteroatoms. The van der Waals surface area contributed by atoms with Crippen LogP contribution in [-0.2, 0) is 9.53 Å². The number of hydrogen-bond donors (Lipinski definition) is 0. The number of carbonyl (C=O) groups is 2. The number of nitrogens with zero attached hydrogens (tertiary/aromatic N) is 3. The Labute approximate surface area is 146 Å². The molecule has 6 nitrogen and oxygen atoms in total. The normalized spacial score (nSPS) is 26.1. The van der Waals surface area contributed by atoms with E-state index in [-0.39, 0.29) is 18.1 Å². The molecule has 2 fully saturated rings. The molecule has 0 aromatic rings. The molecule has 0 N–H and O–H groups in total. The van der Waals surface area contributed by atoms with Crippen LogP contribution in [0.5, 0.6) is 0 Å². The molecule has 1 heterocycles. The molecule has 138 valence electrons. The van der Waals surface area contributed by atoms with Crippen LogP contribution >= 0.6 is 0 Å². The van der Waals surface area contributed by atoms with Gasteiger partial charge in [0, 0.05) is 45.2 Å². The molecule has 0 aromatic carbocycles. The molecule has 1 saturated carbocycles. The molecule has 0 unspecified atom stereocenters. The van der Waals surface area contributed by atoms with Crippen molar-refractivity contribution in [2.45, 2.75) is 58.1 Å². The molecule has 0 spiro atoms. The number of carbonyl (C=O) groups excluding carboxylic acids is 2. The second kappa shape index (κ2) is 7.72. The fourth-order valence-electron chi connectivity index (χ4n) is 3.48. The molecular formula is C18H33N3O3. The lowest BCUT2D eigenvalue weighted by molar-refractivity contribution is -0.138. The Kier molecular flexibility index (Phi) is 6.12. The summed E-state index contributed by atoms with van der Waals surface area (Å²) < 4.78 is 5.44. The maximum absolute atomic E-state index is 12.7. The SMILES string of the molecule is CN1CCN(C(=O)C2CCC(N(C)C(=O)OC(C)(C)C)CC2)CC1. The van der Waals surface area contributed by atoms with Crippen LogP contribution in [0.25, 0.3) is 0 Å². The highest BCUT2D eigenvalue weighted by Gasteiger charge is 2.34. The Morgan fingerprint density at radius 1 is 1.00 bits per heavy atom. The van der Waals surface area contributed by atoms with Gasteiger partial charge in [0.05, 0.1) is 0 Å². The molecule has 2 amide bonds. The second-order valence-corrected chi connectivity index (χ2v) is 8.23. The van der Waals surface area contributed by atoms with Gasteiger partial charge in [-0.1, -0.05) is 0 Å². The Morgan fingerprint density at radius 2 is 1.54 bits per heavy atom. The smallest absolute Gasteiger partial charge is 0.410 e. The van der Waals surface area contributed by atoms with Crippen LogP contribution in [-0.4, -0.2) is 78.6 Å². The predicted octanol–water partition coefficient (Wildman–Crippen LogP) is 2.19. The van der Waals surface area contributed by atoms with Crippen LogP contribution in [0, 0.1) is 5.92 Å². The van der Waals surface area contributed by atoms with Crippen LogP contribution in [0.4, 0.5) is 4.79 Å². The average Bonchev–Trinajstić information content (AvgIpc) is 2.53. The van der Waals surface area contributed by atoms with Gasteiger partial charge < -0.3 is 19.4 Å². The quantitative estimate of drug-likeness (QED) is 0.774. The van der Waals surface area contributed by atoms with Gasteiger partial charge in [0.15, 0.2) is 0 Å². The van der Waals surface area contributed by atoms with Crippen LogP contribution < -0.4 is 0 Å². The van der Waals surface area contributed by atoms with Crippen molar-refractivity contribution in [2.75, 3.05) is 40.3 Å². The van der Waals surface area contributed by atoms with Gasteiger partial charge in [-0.05, 0) is 53.5 Å². The summed E-state index contributed by atoms with van der Waals surface area (Å²) in [6.45, 7) is 9.24. The summed E-state index contributed by atoms with van der Waals surface area (Å²) in [5.41, 5.74) is -0.472. The van der Waals surface area contributed by atoms with Crippen molar-refractivity contribution in [1.82, 2.24) is 14.7 Å². The molecule has 1 aliphatic heterocycles. The van der Waals surface area contributed by atoms with E-state index in [2.05, 4.69) is 11.9 Å². The first-order valence-corrected chi connectivity index (χ1v) is 9.10. The third kappa shape index (κ3) is 5.10. The van der Waals surface area contributed by atoms with Gasteiger partial charge in [0.25, 0.3) is 0 Å². The summed E-state index contributed by atoms with van der Waals surface area (Å²) >= 11 is 0. The van der Waals surface area contributed by atoms with E-state index in [1.165, 1.54) is 0 Å². The van der Waals surface area contributed by atoms with Crippen LogP contribution in [0.1, 0.15) is 46.5 Å². The van der Waals surface area contributed by atoms with Gasteiger partial charge >= 0.3 is 6.09 Å². The third-order valence-corrected chi connectivity index (χ3v) is 5.09. The van der Waals surface area contributed by atoms with E-state index in [1.807, 2.05) is 25.7 Å². The van der Waals surface area contributed by atoms with Crippen molar-refractivity contribution < 1.29 is 14.3 Å². The summed E-state index contributed by atoms with van der Waals surface area (Å²) in [7, 11) is 3.90. The summed E-state index contributed by atoms with van der Waals surface area (Å²) in [5, 5.41) is 0. The highest BCUT2D eigenvalue weighted by molar-refractivity contribution is 5.79. The lowest BCUT2D eigenvalue weighted by Gasteiger charge is -2.38. The molecule has 0 aromatic heterocycles. The molecular weight excluding hydrogens is 306 g/mol. The van der Waals surface area contributed by atoms with Crippen molar-refractivity contribution >= 4 is 12.0 Å². The standard InChI is InChI=1S/C18H33N3O3/c1-18(2,3)24-17(23)20(5)15-8-6-14(7-9-15)16(22)21-12-10-19(4)11-13-21/h14-15H,6-13H2,1-5H3. The van der Waals surface area contributed by atoms with Gasteiger partial charge in [-0.25, -0.2) is 4.79 Å². The Hall–Kier alpha value is -1.30. The molecule has 2 rings (SSSR count). The number of rotatable bonds is 2. The van der Waals surface area contributed by atoms with Gasteiger partial charge in [-0.2, -0.15) is 0 Å². The Bertz CT molecular complexity index is 445. The third-order valence-electron chi connectivity index (χ3n) is 5.09. The fourth-order valence-corrected chi connectivity index (χ4v) is 3.48. The van der Waals surface area contributed by atoms with E-state index in [0.29, 0.717) is 5.91 Å². The van der Waals surface area contributed by atoms with E-state index in [4.69, 9.17) is 4.74 Å². The summed E-state index contributed by atoms with van der Waals surface area (Å²) in [6, 6.07) is 0.177. The second-order valence-electron chi connectivity index (χ2n) is 8.23. The van der Waals surface area contributed by atoms with E-state index in [1.54, 1.807) is 11.9 Å². The molecule has 0 atom stereocenters. The minimum atomic E-state index is -0.472. The minimum Gasteiger partial charge on any atom is -0.444 e. The van der Waals surface area contributed by atoms with Crippen molar-refractivity contribution in [1.29, 1.82) is 0 Å². The van der Waals surface area contributed by atoms with E-state index < -0.39 is 5.60 Å². The zero-order valence-electron chi connectivity index (χ0n) is 15.9. The van der Waals surface area contributed by atoms with Crippen LogP contribution in [0.15, 0.2) is 0 Å². The Morgan fingerprint density at radius 3 is 2.04 bits per heavy atom. The predicted molar refractivity (Wildman–Crippen MR) is 93.8 cm³/mol. The number of ether oxygens (including phenoxy) is 1. The number of likely N-dealkylation sites (N-methyl/N-ethyl adjacent to an activating group) is 1.